The van der Waals surface area contributed by atoms with Gasteiger partial charge in [0.25, 0.3) is 0 Å². The van der Waals surface area contributed by atoms with Crippen molar-refractivity contribution in [1.82, 2.24) is 37.2 Å². The van der Waals surface area contributed by atoms with Gasteiger partial charge in [0.15, 0.2) is 0 Å². The minimum atomic E-state index is -0.994. The number of aromatic hydroxyl groups is 1. The van der Waals surface area contributed by atoms with E-state index in [0.29, 0.717) is 5.56 Å². The number of likely N-dealkylation sites (N-methyl/N-ethyl adjacent to an activating group) is 2. The van der Waals surface area contributed by atoms with Crippen LogP contribution in [0.25, 0.3) is 0 Å². The summed E-state index contributed by atoms with van der Waals surface area (Å²) in [5.74, 6) is -3.16. The summed E-state index contributed by atoms with van der Waals surface area (Å²) < 4.78 is 0. The molecule has 1 rings (SSSR count). The fraction of sp³-hybridized carbons (Fsp3) is 0.520. The SMILES string of the molecule is CNCC(=O)N[C@@H](Cc1ccc(O)cc1)C(=O)NCC(=O)NC(CC(C)C)C(=O)NCC(=O)NCC(=O)NC. The second-order valence-electron chi connectivity index (χ2n) is 9.16. The van der Waals surface area contributed by atoms with E-state index in [9.17, 15) is 33.9 Å². The van der Waals surface area contributed by atoms with Gasteiger partial charge >= 0.3 is 0 Å². The quantitative estimate of drug-likeness (QED) is 0.108. The van der Waals surface area contributed by atoms with E-state index in [-0.39, 0.29) is 44.1 Å². The largest absolute Gasteiger partial charge is 0.508 e. The summed E-state index contributed by atoms with van der Waals surface area (Å²) in [4.78, 5) is 73.2. The molecule has 6 amide bonds. The van der Waals surface area contributed by atoms with Crippen molar-refractivity contribution in [2.24, 2.45) is 5.92 Å². The molecule has 1 unspecified atom stereocenters. The number of hydrogen-bond acceptors (Lipinski definition) is 8. The van der Waals surface area contributed by atoms with Crippen LogP contribution in [0.4, 0.5) is 0 Å². The molecule has 0 aliphatic heterocycles. The lowest BCUT2D eigenvalue weighted by atomic mass is 10.0. The number of benzene rings is 1. The average Bonchev–Trinajstić information content (AvgIpc) is 2.89. The fourth-order valence-electron chi connectivity index (χ4n) is 3.34. The van der Waals surface area contributed by atoms with E-state index in [0.717, 1.165) is 0 Å². The molecule has 0 aliphatic rings. The van der Waals surface area contributed by atoms with Gasteiger partial charge in [0.1, 0.15) is 17.8 Å². The van der Waals surface area contributed by atoms with Crippen LogP contribution in [0.5, 0.6) is 5.75 Å². The van der Waals surface area contributed by atoms with Crippen LogP contribution in [0.3, 0.4) is 0 Å². The van der Waals surface area contributed by atoms with Crippen LogP contribution < -0.4 is 37.2 Å². The lowest BCUT2D eigenvalue weighted by molar-refractivity contribution is -0.132. The summed E-state index contributed by atoms with van der Waals surface area (Å²) in [7, 11) is 3.01. The fourth-order valence-corrected chi connectivity index (χ4v) is 3.34. The molecule has 14 heteroatoms. The van der Waals surface area contributed by atoms with Gasteiger partial charge in [-0.15, -0.1) is 0 Å². The van der Waals surface area contributed by atoms with Crippen molar-refractivity contribution in [3.05, 3.63) is 29.8 Å². The van der Waals surface area contributed by atoms with Gasteiger partial charge in [-0.1, -0.05) is 26.0 Å². The number of carbonyl (C=O) groups is 6. The molecule has 0 fully saturated rings. The Morgan fingerprint density at radius 3 is 1.77 bits per heavy atom. The number of carbonyl (C=O) groups excluding carboxylic acids is 6. The number of phenols is 1. The molecule has 0 aliphatic carbocycles. The Morgan fingerprint density at radius 1 is 0.692 bits per heavy atom. The lowest BCUT2D eigenvalue weighted by Crippen LogP contribution is -2.54. The van der Waals surface area contributed by atoms with E-state index < -0.39 is 54.1 Å². The van der Waals surface area contributed by atoms with E-state index >= 15 is 0 Å². The number of rotatable bonds is 16. The minimum absolute atomic E-state index is 0.0182. The van der Waals surface area contributed by atoms with Crippen molar-refractivity contribution in [3.63, 3.8) is 0 Å². The zero-order valence-electron chi connectivity index (χ0n) is 22.7. The van der Waals surface area contributed by atoms with Crippen LogP contribution in [-0.2, 0) is 35.2 Å². The summed E-state index contributed by atoms with van der Waals surface area (Å²) in [6.07, 6.45) is 0.387. The topological polar surface area (TPSA) is 207 Å². The monoisotopic (exact) mass is 549 g/mol. The molecule has 0 saturated heterocycles. The van der Waals surface area contributed by atoms with Crippen LogP contribution in [0.1, 0.15) is 25.8 Å². The molecule has 0 radical (unpaired) electrons. The van der Waals surface area contributed by atoms with Crippen molar-refractivity contribution >= 4 is 35.4 Å². The number of phenolic OH excluding ortho intramolecular Hbond substituents is 1. The number of hydrogen-bond donors (Lipinski definition) is 8. The summed E-state index contributed by atoms with van der Waals surface area (Å²) >= 11 is 0. The van der Waals surface area contributed by atoms with E-state index in [2.05, 4.69) is 37.2 Å². The highest BCUT2D eigenvalue weighted by atomic mass is 16.3. The van der Waals surface area contributed by atoms with Crippen LogP contribution >= 0.6 is 0 Å². The van der Waals surface area contributed by atoms with Crippen LogP contribution in [0, 0.1) is 5.92 Å². The molecule has 0 aromatic heterocycles. The van der Waals surface area contributed by atoms with Gasteiger partial charge in [0.05, 0.1) is 26.2 Å². The van der Waals surface area contributed by atoms with Gasteiger partial charge in [-0.3, -0.25) is 28.8 Å². The third kappa shape index (κ3) is 13.8. The molecule has 1 aromatic carbocycles. The standard InChI is InChI=1S/C25H39N7O7/c1-15(2)9-18(24(38)29-13-21(35)28-12-20(34)27-4)31-23(37)14-30-25(39)19(32-22(36)11-26-3)10-16-5-7-17(33)8-6-16/h5-8,15,18-19,26,33H,9-14H2,1-4H3,(H,27,34)(H,28,35)(H,29,38)(H,30,39)(H,31,37)(H,32,36)/t18?,19-/m0/s1. The van der Waals surface area contributed by atoms with Gasteiger partial charge in [-0.05, 0) is 37.1 Å². The third-order valence-corrected chi connectivity index (χ3v) is 5.30. The molecule has 39 heavy (non-hydrogen) atoms. The van der Waals surface area contributed by atoms with Gasteiger partial charge in [-0.2, -0.15) is 0 Å². The molecular formula is C25H39N7O7. The second kappa shape index (κ2) is 17.3. The predicted octanol–water partition coefficient (Wildman–Crippen LogP) is -2.74. The van der Waals surface area contributed by atoms with Gasteiger partial charge in [0, 0.05) is 13.5 Å². The highest BCUT2D eigenvalue weighted by molar-refractivity contribution is 5.94. The maximum atomic E-state index is 12.8. The first-order valence-corrected chi connectivity index (χ1v) is 12.5. The van der Waals surface area contributed by atoms with Crippen molar-refractivity contribution in [1.29, 1.82) is 0 Å². The zero-order valence-corrected chi connectivity index (χ0v) is 22.7. The first-order chi connectivity index (χ1) is 18.4. The first kappa shape index (κ1) is 32.8. The van der Waals surface area contributed by atoms with E-state index in [4.69, 9.17) is 0 Å². The normalized spacial score (nSPS) is 12.0. The molecule has 0 heterocycles. The van der Waals surface area contributed by atoms with Gasteiger partial charge in [-0.25, -0.2) is 0 Å². The summed E-state index contributed by atoms with van der Waals surface area (Å²) in [5, 5.41) is 26.9. The highest BCUT2D eigenvalue weighted by Crippen LogP contribution is 2.11. The Balaban J connectivity index is 2.73. The Kier molecular flexibility index (Phi) is 14.6. The molecule has 2 atom stereocenters. The summed E-state index contributed by atoms with van der Waals surface area (Å²) in [5.41, 5.74) is 0.676. The third-order valence-electron chi connectivity index (χ3n) is 5.30. The van der Waals surface area contributed by atoms with E-state index in [1.807, 2.05) is 13.8 Å². The Labute approximate surface area is 227 Å². The van der Waals surface area contributed by atoms with E-state index in [1.54, 1.807) is 19.2 Å². The van der Waals surface area contributed by atoms with Crippen LogP contribution in [0.2, 0.25) is 0 Å². The summed E-state index contributed by atoms with van der Waals surface area (Å²) in [6.45, 7) is 2.61. The van der Waals surface area contributed by atoms with Crippen LogP contribution in [-0.4, -0.2) is 92.9 Å². The highest BCUT2D eigenvalue weighted by Gasteiger charge is 2.25. The molecule has 0 bridgehead atoms. The van der Waals surface area contributed by atoms with Crippen molar-refractivity contribution < 1.29 is 33.9 Å². The second-order valence-corrected chi connectivity index (χ2v) is 9.16. The average molecular weight is 550 g/mol. The number of nitrogens with one attached hydrogen (secondary N) is 7. The lowest BCUT2D eigenvalue weighted by Gasteiger charge is -2.21. The Bertz CT molecular complexity index is 999. The zero-order chi connectivity index (χ0) is 29.4. The smallest absolute Gasteiger partial charge is 0.243 e. The minimum Gasteiger partial charge on any atom is -0.508 e. The van der Waals surface area contributed by atoms with Crippen molar-refractivity contribution in [3.8, 4) is 5.75 Å². The molecule has 8 N–H and O–H groups in total. The molecule has 0 spiro atoms. The maximum absolute atomic E-state index is 12.8. The molecule has 14 nitrogen and oxygen atoms in total. The molecule has 0 saturated carbocycles. The van der Waals surface area contributed by atoms with Gasteiger partial charge in [0.2, 0.25) is 35.4 Å². The van der Waals surface area contributed by atoms with Crippen LogP contribution in [0.15, 0.2) is 24.3 Å². The number of amides is 6. The van der Waals surface area contributed by atoms with Gasteiger partial charge < -0.3 is 42.3 Å². The van der Waals surface area contributed by atoms with Crippen molar-refractivity contribution in [2.45, 2.75) is 38.8 Å². The summed E-state index contributed by atoms with van der Waals surface area (Å²) in [6, 6.07) is 4.17. The molecule has 216 valence electrons. The first-order valence-electron chi connectivity index (χ1n) is 12.5. The predicted molar refractivity (Wildman–Crippen MR) is 142 cm³/mol. The molecule has 1 aromatic rings. The molecular weight excluding hydrogens is 510 g/mol. The van der Waals surface area contributed by atoms with E-state index in [1.165, 1.54) is 19.2 Å². The Hall–Kier alpha value is -4.20. The Morgan fingerprint density at radius 2 is 1.21 bits per heavy atom. The van der Waals surface area contributed by atoms with Crippen molar-refractivity contribution in [2.75, 3.05) is 40.3 Å². The maximum Gasteiger partial charge on any atom is 0.243 e.